The Kier molecular flexibility index (Phi) is 5.30. The van der Waals surface area contributed by atoms with Gasteiger partial charge >= 0.3 is 0 Å². The summed E-state index contributed by atoms with van der Waals surface area (Å²) in [6.45, 7) is 4.44. The highest BCUT2D eigenvalue weighted by molar-refractivity contribution is 6.31. The molecule has 132 valence electrons. The third-order valence-electron chi connectivity index (χ3n) is 4.80. The quantitative estimate of drug-likeness (QED) is 0.886. The molecule has 1 fully saturated rings. The molecule has 1 amide bonds. The minimum absolute atomic E-state index is 0.00300. The van der Waals surface area contributed by atoms with E-state index in [1.165, 1.54) is 0 Å². The van der Waals surface area contributed by atoms with Gasteiger partial charge < -0.3 is 15.4 Å². The second-order valence-corrected chi connectivity index (χ2v) is 7.27. The van der Waals surface area contributed by atoms with Crippen LogP contribution in [0.25, 0.3) is 0 Å². The topological polar surface area (TPSA) is 55.6 Å². The number of nitrogens with two attached hydrogens (primary N) is 1. The van der Waals surface area contributed by atoms with Gasteiger partial charge in [-0.05, 0) is 36.6 Å². The first-order chi connectivity index (χ1) is 12.0. The van der Waals surface area contributed by atoms with Crippen molar-refractivity contribution in [3.63, 3.8) is 0 Å². The molecule has 0 aliphatic carbocycles. The van der Waals surface area contributed by atoms with Gasteiger partial charge in [0, 0.05) is 23.7 Å². The van der Waals surface area contributed by atoms with E-state index in [0.29, 0.717) is 36.0 Å². The van der Waals surface area contributed by atoms with E-state index in [9.17, 15) is 4.79 Å². The second-order valence-electron chi connectivity index (χ2n) is 6.87. The zero-order chi connectivity index (χ0) is 17.9. The summed E-state index contributed by atoms with van der Waals surface area (Å²) in [4.78, 5) is 14.8. The molecule has 5 heteroatoms. The number of ether oxygens (including phenoxy) is 1. The molecule has 0 saturated carbocycles. The van der Waals surface area contributed by atoms with Crippen LogP contribution in [0.4, 0.5) is 0 Å². The maximum atomic E-state index is 12.9. The van der Waals surface area contributed by atoms with E-state index in [1.54, 1.807) is 0 Å². The molecule has 2 N–H and O–H groups in total. The molecule has 25 heavy (non-hydrogen) atoms. The molecular formula is C20H23ClN2O2. The maximum absolute atomic E-state index is 12.9. The Morgan fingerprint density at radius 2 is 1.96 bits per heavy atom. The third-order valence-corrected chi connectivity index (χ3v) is 5.17. The van der Waals surface area contributed by atoms with Crippen LogP contribution in [0.15, 0.2) is 48.5 Å². The Morgan fingerprint density at radius 1 is 1.24 bits per heavy atom. The van der Waals surface area contributed by atoms with E-state index in [0.717, 1.165) is 18.5 Å². The average molecular weight is 359 g/mol. The molecule has 0 bridgehead atoms. The van der Waals surface area contributed by atoms with Gasteiger partial charge in [0.2, 0.25) is 0 Å². The van der Waals surface area contributed by atoms with E-state index in [1.807, 2.05) is 53.4 Å². The molecule has 2 aromatic rings. The smallest absolute Gasteiger partial charge is 0.257 e. The van der Waals surface area contributed by atoms with Gasteiger partial charge in [-0.15, -0.1) is 0 Å². The molecule has 1 aliphatic rings. The van der Waals surface area contributed by atoms with Gasteiger partial charge in [0.15, 0.2) is 0 Å². The van der Waals surface area contributed by atoms with Crippen LogP contribution in [0, 0.1) is 5.41 Å². The average Bonchev–Trinajstić information content (AvgIpc) is 3.04. The van der Waals surface area contributed by atoms with Crippen molar-refractivity contribution in [3.8, 4) is 5.75 Å². The summed E-state index contributed by atoms with van der Waals surface area (Å²) in [5.74, 6) is 0.570. The van der Waals surface area contributed by atoms with Crippen molar-refractivity contribution in [3.05, 3.63) is 64.7 Å². The van der Waals surface area contributed by atoms with Crippen LogP contribution in [0.5, 0.6) is 5.75 Å². The summed E-state index contributed by atoms with van der Waals surface area (Å²) in [6, 6.07) is 14.9. The fraction of sp³-hybridized carbons (Fsp3) is 0.350. The predicted octanol–water partition coefficient (Wildman–Crippen LogP) is 3.73. The minimum atomic E-state index is -0.00747. The highest BCUT2D eigenvalue weighted by Crippen LogP contribution is 2.31. The van der Waals surface area contributed by atoms with Crippen LogP contribution in [0.2, 0.25) is 5.02 Å². The lowest BCUT2D eigenvalue weighted by atomic mass is 9.90. The second kappa shape index (κ2) is 7.46. The molecule has 0 aromatic heterocycles. The van der Waals surface area contributed by atoms with E-state index >= 15 is 0 Å². The van der Waals surface area contributed by atoms with Crippen molar-refractivity contribution in [1.82, 2.24) is 4.90 Å². The zero-order valence-electron chi connectivity index (χ0n) is 14.4. The third kappa shape index (κ3) is 3.97. The molecule has 1 heterocycles. The van der Waals surface area contributed by atoms with Gasteiger partial charge in [-0.25, -0.2) is 0 Å². The molecular weight excluding hydrogens is 336 g/mol. The number of amides is 1. The Hall–Kier alpha value is -2.04. The van der Waals surface area contributed by atoms with Crippen LogP contribution >= 0.6 is 11.6 Å². The number of halogens is 1. The van der Waals surface area contributed by atoms with Crippen LogP contribution < -0.4 is 10.5 Å². The van der Waals surface area contributed by atoms with Crippen molar-refractivity contribution in [1.29, 1.82) is 0 Å². The summed E-state index contributed by atoms with van der Waals surface area (Å²) in [6.07, 6.45) is 0.928. The zero-order valence-corrected chi connectivity index (χ0v) is 15.1. The van der Waals surface area contributed by atoms with Gasteiger partial charge in [0.05, 0.1) is 5.56 Å². The Balaban J connectivity index is 1.75. The maximum Gasteiger partial charge on any atom is 0.257 e. The highest BCUT2D eigenvalue weighted by Gasteiger charge is 2.35. The largest absolute Gasteiger partial charge is 0.488 e. The monoisotopic (exact) mass is 358 g/mol. The lowest BCUT2D eigenvalue weighted by molar-refractivity contribution is 0.0772. The molecule has 1 unspecified atom stereocenters. The molecule has 1 aliphatic heterocycles. The summed E-state index contributed by atoms with van der Waals surface area (Å²) in [7, 11) is 0. The fourth-order valence-corrected chi connectivity index (χ4v) is 3.26. The molecule has 0 spiro atoms. The van der Waals surface area contributed by atoms with Crippen molar-refractivity contribution in [2.45, 2.75) is 20.0 Å². The van der Waals surface area contributed by atoms with Gasteiger partial charge in [0.1, 0.15) is 12.4 Å². The lowest BCUT2D eigenvalue weighted by Crippen LogP contribution is -2.34. The van der Waals surface area contributed by atoms with Crippen LogP contribution in [-0.4, -0.2) is 30.4 Å². The predicted molar refractivity (Wildman–Crippen MR) is 99.9 cm³/mol. The highest BCUT2D eigenvalue weighted by atomic mass is 35.5. The van der Waals surface area contributed by atoms with Gasteiger partial charge in [0.25, 0.3) is 5.91 Å². The van der Waals surface area contributed by atoms with Crippen molar-refractivity contribution >= 4 is 17.5 Å². The summed E-state index contributed by atoms with van der Waals surface area (Å²) < 4.78 is 5.91. The number of carbonyl (C=O) groups excluding carboxylic acids is 1. The van der Waals surface area contributed by atoms with E-state index < -0.39 is 0 Å². The molecule has 3 rings (SSSR count). The van der Waals surface area contributed by atoms with E-state index in [4.69, 9.17) is 22.1 Å². The first kappa shape index (κ1) is 17.8. The number of para-hydroxylation sites is 1. The number of carbonyl (C=O) groups is 1. The number of hydrogen-bond acceptors (Lipinski definition) is 3. The van der Waals surface area contributed by atoms with E-state index in [2.05, 4.69) is 6.92 Å². The van der Waals surface area contributed by atoms with Crippen molar-refractivity contribution in [2.75, 3.05) is 19.6 Å². The Labute approximate surface area is 153 Å². The number of hydrogen-bond donors (Lipinski definition) is 1. The van der Waals surface area contributed by atoms with Crippen molar-refractivity contribution in [2.24, 2.45) is 11.1 Å². The van der Waals surface area contributed by atoms with Gasteiger partial charge in [-0.3, -0.25) is 4.79 Å². The molecule has 0 radical (unpaired) electrons. The summed E-state index contributed by atoms with van der Waals surface area (Å²) in [5, 5.41) is 0.657. The van der Waals surface area contributed by atoms with Crippen LogP contribution in [-0.2, 0) is 6.61 Å². The van der Waals surface area contributed by atoms with Crippen LogP contribution in [0.3, 0.4) is 0 Å². The molecule has 2 aromatic carbocycles. The Bertz CT molecular complexity index is 765. The van der Waals surface area contributed by atoms with Gasteiger partial charge in [-0.1, -0.05) is 48.9 Å². The first-order valence-corrected chi connectivity index (χ1v) is 8.85. The molecule has 4 nitrogen and oxygen atoms in total. The standard InChI is InChI=1S/C20H23ClN2O2/c1-20(13-22)10-11-23(14-20)19(24)16-7-3-5-9-18(16)25-12-15-6-2-4-8-17(15)21/h2-9H,10-14,22H2,1H3. The first-order valence-electron chi connectivity index (χ1n) is 8.47. The number of benzene rings is 2. The normalized spacial score (nSPS) is 19.9. The van der Waals surface area contributed by atoms with E-state index in [-0.39, 0.29) is 11.3 Å². The van der Waals surface area contributed by atoms with Crippen molar-refractivity contribution < 1.29 is 9.53 Å². The molecule has 1 atom stereocenters. The number of rotatable bonds is 5. The minimum Gasteiger partial charge on any atom is -0.488 e. The van der Waals surface area contributed by atoms with Crippen LogP contribution in [0.1, 0.15) is 29.3 Å². The Morgan fingerprint density at radius 3 is 2.68 bits per heavy atom. The SMILES string of the molecule is CC1(CN)CCN(C(=O)c2ccccc2OCc2ccccc2Cl)C1. The fourth-order valence-electron chi connectivity index (χ4n) is 3.07. The van der Waals surface area contributed by atoms with Gasteiger partial charge in [-0.2, -0.15) is 0 Å². The lowest BCUT2D eigenvalue weighted by Gasteiger charge is -2.23. The number of nitrogens with zero attached hydrogens (tertiary/aromatic N) is 1. The summed E-state index contributed by atoms with van der Waals surface area (Å²) in [5.41, 5.74) is 7.32. The molecule has 1 saturated heterocycles. The number of likely N-dealkylation sites (tertiary alicyclic amines) is 1. The summed E-state index contributed by atoms with van der Waals surface area (Å²) >= 11 is 6.18.